The molecule has 0 spiro atoms. The first kappa shape index (κ1) is 25.0. The Bertz CT molecular complexity index is 575. The minimum absolute atomic E-state index is 0. The van der Waals surface area contributed by atoms with Crippen molar-refractivity contribution in [3.05, 3.63) is 23.8 Å². The second-order valence-electron chi connectivity index (χ2n) is 5.80. The van der Waals surface area contributed by atoms with Crippen LogP contribution in [0.15, 0.2) is 23.2 Å². The van der Waals surface area contributed by atoms with Crippen LogP contribution in [-0.4, -0.2) is 43.8 Å². The number of nitrogens with zero attached hydrogens (tertiary/aromatic N) is 1. The number of thioether (sulfide) groups is 1. The van der Waals surface area contributed by atoms with Crippen molar-refractivity contribution >= 4 is 41.7 Å². The van der Waals surface area contributed by atoms with Crippen LogP contribution in [0.5, 0.6) is 11.5 Å². The molecule has 0 unspecified atom stereocenters. The summed E-state index contributed by atoms with van der Waals surface area (Å²) in [6.07, 6.45) is 2.05. The minimum Gasteiger partial charge on any atom is -0.490 e. The highest BCUT2D eigenvalue weighted by Crippen LogP contribution is 2.32. The smallest absolute Gasteiger partial charge is 0.387 e. The predicted octanol–water partition coefficient (Wildman–Crippen LogP) is 4.11. The number of guanidine groups is 1. The molecule has 0 aliphatic heterocycles. The Balaban J connectivity index is 0.00000625. The number of ether oxygens (including phenoxy) is 2. The molecule has 1 aromatic rings. The van der Waals surface area contributed by atoms with Crippen molar-refractivity contribution in [2.45, 2.75) is 38.7 Å². The summed E-state index contributed by atoms with van der Waals surface area (Å²) in [4.78, 5) is 4.15. The van der Waals surface area contributed by atoms with Gasteiger partial charge in [0.15, 0.2) is 17.5 Å². The SMILES string of the molecule is CCOc1cccc(CNC(=NC)NCC(C)(C)SC)c1OC(F)F.I. The summed E-state index contributed by atoms with van der Waals surface area (Å²) in [6.45, 7) is 4.48. The average Bonchev–Trinajstić information content (AvgIpc) is 2.57. The van der Waals surface area contributed by atoms with E-state index in [1.54, 1.807) is 43.9 Å². The van der Waals surface area contributed by atoms with Gasteiger partial charge in [0.25, 0.3) is 0 Å². The highest BCUT2D eigenvalue weighted by atomic mass is 127. The molecule has 2 N–H and O–H groups in total. The van der Waals surface area contributed by atoms with E-state index in [-0.39, 0.29) is 41.0 Å². The number of rotatable bonds is 9. The lowest BCUT2D eigenvalue weighted by Gasteiger charge is -2.24. The maximum atomic E-state index is 12.7. The van der Waals surface area contributed by atoms with Gasteiger partial charge in [-0.2, -0.15) is 20.5 Å². The molecule has 1 rings (SSSR count). The molecule has 9 heteroatoms. The lowest BCUT2D eigenvalue weighted by molar-refractivity contribution is -0.0520. The van der Waals surface area contributed by atoms with Gasteiger partial charge in [0, 0.05) is 30.4 Å². The van der Waals surface area contributed by atoms with Gasteiger partial charge in [-0.3, -0.25) is 4.99 Å². The normalized spacial score (nSPS) is 11.8. The molecule has 1 aromatic carbocycles. The molecule has 0 atom stereocenters. The van der Waals surface area contributed by atoms with Crippen molar-refractivity contribution in [3.63, 3.8) is 0 Å². The van der Waals surface area contributed by atoms with E-state index in [0.717, 1.165) is 0 Å². The maximum Gasteiger partial charge on any atom is 0.387 e. The van der Waals surface area contributed by atoms with Crippen molar-refractivity contribution in [3.8, 4) is 11.5 Å². The second-order valence-corrected chi connectivity index (χ2v) is 7.31. The van der Waals surface area contributed by atoms with Crippen LogP contribution in [0, 0.1) is 0 Å². The van der Waals surface area contributed by atoms with Crippen molar-refractivity contribution < 1.29 is 18.3 Å². The molecule has 0 saturated heterocycles. The molecule has 0 radical (unpaired) electrons. The third-order valence-corrected chi connectivity index (χ3v) is 4.72. The van der Waals surface area contributed by atoms with Crippen LogP contribution in [0.25, 0.3) is 0 Å². The lowest BCUT2D eigenvalue weighted by Crippen LogP contribution is -2.43. The predicted molar refractivity (Wildman–Crippen MR) is 115 cm³/mol. The molecule has 0 fully saturated rings. The van der Waals surface area contributed by atoms with Gasteiger partial charge in [-0.1, -0.05) is 12.1 Å². The third-order valence-electron chi connectivity index (χ3n) is 3.47. The summed E-state index contributed by atoms with van der Waals surface area (Å²) in [5, 5.41) is 6.34. The molecule has 0 amide bonds. The summed E-state index contributed by atoms with van der Waals surface area (Å²) in [5.41, 5.74) is 0.568. The molecule has 150 valence electrons. The van der Waals surface area contributed by atoms with Gasteiger partial charge < -0.3 is 20.1 Å². The zero-order chi connectivity index (χ0) is 18.9. The summed E-state index contributed by atoms with van der Waals surface area (Å²) in [5.74, 6) is 0.937. The number of para-hydroxylation sites is 1. The number of alkyl halides is 2. The molecule has 0 aromatic heterocycles. The first-order valence-corrected chi connectivity index (χ1v) is 9.24. The first-order chi connectivity index (χ1) is 11.8. The van der Waals surface area contributed by atoms with Crippen LogP contribution < -0.4 is 20.1 Å². The second kappa shape index (κ2) is 12.4. The van der Waals surface area contributed by atoms with Crippen LogP contribution in [0.2, 0.25) is 0 Å². The van der Waals surface area contributed by atoms with Crippen molar-refractivity contribution in [2.24, 2.45) is 4.99 Å². The van der Waals surface area contributed by atoms with Gasteiger partial charge in [-0.25, -0.2) is 0 Å². The van der Waals surface area contributed by atoms with Gasteiger partial charge in [0.05, 0.1) is 6.61 Å². The molecular weight excluding hydrogens is 475 g/mol. The Hall–Kier alpha value is -0.970. The highest BCUT2D eigenvalue weighted by Gasteiger charge is 2.18. The minimum atomic E-state index is -2.92. The number of hydrogen-bond acceptors (Lipinski definition) is 4. The fourth-order valence-electron chi connectivity index (χ4n) is 1.96. The quantitative estimate of drug-likeness (QED) is 0.302. The van der Waals surface area contributed by atoms with Gasteiger partial charge in [-0.15, -0.1) is 24.0 Å². The van der Waals surface area contributed by atoms with Crippen molar-refractivity contribution in [1.82, 2.24) is 10.6 Å². The van der Waals surface area contributed by atoms with Crippen molar-refractivity contribution in [1.29, 1.82) is 0 Å². The molecule has 0 aliphatic rings. The zero-order valence-corrected chi connectivity index (χ0v) is 18.9. The van der Waals surface area contributed by atoms with E-state index in [1.165, 1.54) is 0 Å². The largest absolute Gasteiger partial charge is 0.490 e. The van der Waals surface area contributed by atoms with Crippen LogP contribution in [0.3, 0.4) is 0 Å². The van der Waals surface area contributed by atoms with E-state index in [2.05, 4.69) is 34.2 Å². The first-order valence-electron chi connectivity index (χ1n) is 8.02. The fourth-order valence-corrected chi connectivity index (χ4v) is 2.18. The number of aliphatic imine (C=N–C) groups is 1. The Labute approximate surface area is 175 Å². The number of benzene rings is 1. The lowest BCUT2D eigenvalue weighted by atomic mass is 10.2. The van der Waals surface area contributed by atoms with Crippen LogP contribution in [0.1, 0.15) is 26.3 Å². The monoisotopic (exact) mass is 503 g/mol. The Kier molecular flexibility index (Phi) is 12.0. The molecule has 0 bridgehead atoms. The van der Waals surface area contributed by atoms with Crippen LogP contribution in [0.4, 0.5) is 8.78 Å². The molecular formula is C17H28F2IN3O2S. The third kappa shape index (κ3) is 8.61. The molecule has 0 heterocycles. The Morgan fingerprint density at radius 1 is 1.31 bits per heavy atom. The number of hydrogen-bond donors (Lipinski definition) is 2. The Morgan fingerprint density at radius 2 is 2.00 bits per heavy atom. The summed E-state index contributed by atoms with van der Waals surface area (Å²) >= 11 is 1.75. The van der Waals surface area contributed by atoms with E-state index in [4.69, 9.17) is 4.74 Å². The molecule has 0 saturated carbocycles. The van der Waals surface area contributed by atoms with E-state index < -0.39 is 6.61 Å². The summed E-state index contributed by atoms with van der Waals surface area (Å²) in [7, 11) is 1.66. The standard InChI is InChI=1S/C17H27F2N3O2S.HI/c1-6-23-13-9-7-8-12(14(13)24-15(18)19)10-21-16(20-4)22-11-17(2,3)25-5;/h7-9,15H,6,10-11H2,1-5H3,(H2,20,21,22);1H. The molecule has 0 aliphatic carbocycles. The van der Waals surface area contributed by atoms with E-state index in [0.29, 0.717) is 30.4 Å². The van der Waals surface area contributed by atoms with Gasteiger partial charge in [-0.05, 0) is 33.1 Å². The van der Waals surface area contributed by atoms with Gasteiger partial charge in [0.2, 0.25) is 0 Å². The number of halogens is 3. The summed E-state index contributed by atoms with van der Waals surface area (Å²) < 4.78 is 35.6. The highest BCUT2D eigenvalue weighted by molar-refractivity contribution is 14.0. The maximum absolute atomic E-state index is 12.7. The van der Waals surface area contributed by atoms with Gasteiger partial charge >= 0.3 is 6.61 Å². The van der Waals surface area contributed by atoms with E-state index >= 15 is 0 Å². The average molecular weight is 503 g/mol. The van der Waals surface area contributed by atoms with Crippen LogP contribution >= 0.6 is 35.7 Å². The van der Waals surface area contributed by atoms with Crippen molar-refractivity contribution in [2.75, 3.05) is 26.5 Å². The molecule has 26 heavy (non-hydrogen) atoms. The summed E-state index contributed by atoms with van der Waals surface area (Å²) in [6, 6.07) is 5.07. The fraction of sp³-hybridized carbons (Fsp3) is 0.588. The topological polar surface area (TPSA) is 54.9 Å². The number of nitrogens with one attached hydrogen (secondary N) is 2. The Morgan fingerprint density at radius 3 is 2.54 bits per heavy atom. The van der Waals surface area contributed by atoms with E-state index in [1.807, 2.05) is 6.26 Å². The van der Waals surface area contributed by atoms with Gasteiger partial charge in [0.1, 0.15) is 0 Å². The van der Waals surface area contributed by atoms with E-state index in [9.17, 15) is 8.78 Å². The molecule has 5 nitrogen and oxygen atoms in total. The van der Waals surface area contributed by atoms with Crippen LogP contribution in [-0.2, 0) is 6.54 Å². The zero-order valence-electron chi connectivity index (χ0n) is 15.8.